The Hall–Kier alpha value is -1.83. The van der Waals surface area contributed by atoms with Crippen molar-refractivity contribution >= 4 is 17.7 Å². The normalized spacial score (nSPS) is 18.0. The summed E-state index contributed by atoms with van der Waals surface area (Å²) in [4.78, 5) is 44.3. The zero-order valence-corrected chi connectivity index (χ0v) is 19.6. The van der Waals surface area contributed by atoms with Crippen LogP contribution in [0.1, 0.15) is 128 Å². The lowest BCUT2D eigenvalue weighted by atomic mass is 9.98. The van der Waals surface area contributed by atoms with Gasteiger partial charge in [-0.2, -0.15) is 0 Å². The Labute approximate surface area is 192 Å². The molecule has 8 heteroatoms. The quantitative estimate of drug-likeness (QED) is 0.426. The SMILES string of the molecule is C1CCCCC1.O=C(O)CCCCC(=O)O.O=C1CCCCC1.O=O.OC1CCCCC1. The third kappa shape index (κ3) is 28.2. The predicted molar refractivity (Wildman–Crippen MR) is 125 cm³/mol. The standard InChI is InChI=1S/C6H10O4.C6H12O.C6H10O.C6H12.O2/c7-5(8)3-1-2-4-6(9)10;2*7-6-4-2-1-3-5-6;1-2-4-6-5-3-1;1-2/h1-4H2,(H,7,8)(H,9,10);6-7H,1-5H2;1-5H2;1-6H2;. The molecular formula is C24H44O8. The lowest BCUT2D eigenvalue weighted by Crippen LogP contribution is -2.09. The van der Waals surface area contributed by atoms with E-state index in [1.807, 2.05) is 0 Å². The molecule has 0 aromatic carbocycles. The molecule has 3 rings (SSSR count). The molecule has 0 unspecified atom stereocenters. The van der Waals surface area contributed by atoms with Gasteiger partial charge in [-0.15, -0.1) is 0 Å². The number of aliphatic hydroxyl groups is 1. The van der Waals surface area contributed by atoms with Crippen molar-refractivity contribution in [3.05, 3.63) is 9.93 Å². The van der Waals surface area contributed by atoms with Crippen LogP contribution in [-0.2, 0) is 14.4 Å². The van der Waals surface area contributed by atoms with Crippen LogP contribution in [0.2, 0.25) is 0 Å². The minimum atomic E-state index is -0.870. The summed E-state index contributed by atoms with van der Waals surface area (Å²) in [6, 6.07) is 0. The summed E-state index contributed by atoms with van der Waals surface area (Å²) in [6.45, 7) is 0. The van der Waals surface area contributed by atoms with Crippen LogP contribution in [0.3, 0.4) is 0 Å². The van der Waals surface area contributed by atoms with E-state index in [-0.39, 0.29) is 18.9 Å². The number of aliphatic hydroxyl groups excluding tert-OH is 1. The molecule has 0 heterocycles. The highest BCUT2D eigenvalue weighted by atomic mass is 16.7. The van der Waals surface area contributed by atoms with Gasteiger partial charge in [-0.25, -0.2) is 0 Å². The van der Waals surface area contributed by atoms with Crippen molar-refractivity contribution in [2.24, 2.45) is 0 Å². The van der Waals surface area contributed by atoms with E-state index in [9.17, 15) is 14.4 Å². The Bertz CT molecular complexity index is 421. The molecular weight excluding hydrogens is 416 g/mol. The zero-order valence-electron chi connectivity index (χ0n) is 19.6. The van der Waals surface area contributed by atoms with Crippen molar-refractivity contribution in [2.75, 3.05) is 0 Å². The van der Waals surface area contributed by atoms with Crippen LogP contribution < -0.4 is 0 Å². The van der Waals surface area contributed by atoms with Gasteiger partial charge in [0.1, 0.15) is 5.78 Å². The van der Waals surface area contributed by atoms with Crippen molar-refractivity contribution in [2.45, 2.75) is 135 Å². The van der Waals surface area contributed by atoms with Crippen LogP contribution >= 0.6 is 0 Å². The van der Waals surface area contributed by atoms with E-state index < -0.39 is 11.9 Å². The highest BCUT2D eigenvalue weighted by Gasteiger charge is 2.08. The smallest absolute Gasteiger partial charge is 0.303 e. The molecule has 0 atom stereocenters. The Morgan fingerprint density at radius 1 is 0.625 bits per heavy atom. The fourth-order valence-corrected chi connectivity index (χ4v) is 3.64. The molecule has 0 aliphatic heterocycles. The second-order valence-corrected chi connectivity index (χ2v) is 8.51. The first-order chi connectivity index (χ1) is 15.4. The minimum absolute atomic E-state index is 0.0359. The summed E-state index contributed by atoms with van der Waals surface area (Å²) in [6.07, 6.45) is 21.2. The Kier molecular flexibility index (Phi) is 25.7. The number of hydrogen-bond donors (Lipinski definition) is 3. The van der Waals surface area contributed by atoms with Crippen LogP contribution in [0.5, 0.6) is 0 Å². The van der Waals surface area contributed by atoms with Crippen LogP contribution in [0.25, 0.3) is 0 Å². The number of Topliss-reactive ketones (excluding diaryl/α,β-unsaturated/α-hetero) is 1. The second kappa shape index (κ2) is 25.4. The first kappa shape index (κ1) is 32.4. The van der Waals surface area contributed by atoms with E-state index in [1.54, 1.807) is 0 Å². The van der Waals surface area contributed by atoms with Gasteiger partial charge < -0.3 is 15.3 Å². The maximum Gasteiger partial charge on any atom is 0.303 e. The number of aliphatic carboxylic acids is 2. The molecule has 0 saturated heterocycles. The summed E-state index contributed by atoms with van der Waals surface area (Å²) in [5, 5.41) is 25.2. The fourth-order valence-electron chi connectivity index (χ4n) is 3.64. The molecule has 3 aliphatic carbocycles. The summed E-state index contributed by atoms with van der Waals surface area (Å²) < 4.78 is 0. The van der Waals surface area contributed by atoms with Crippen molar-refractivity contribution in [1.82, 2.24) is 0 Å². The highest BCUT2D eigenvalue weighted by Crippen LogP contribution is 2.16. The molecule has 0 spiro atoms. The molecule has 0 bridgehead atoms. The first-order valence-corrected chi connectivity index (χ1v) is 12.2. The van der Waals surface area contributed by atoms with E-state index in [0.717, 1.165) is 38.5 Å². The number of carboxylic acid groups (broad SMARTS) is 2. The molecule has 3 fully saturated rings. The lowest BCUT2D eigenvalue weighted by Gasteiger charge is -2.14. The average Bonchev–Trinajstić information content (AvgIpc) is 2.81. The average molecular weight is 461 g/mol. The Morgan fingerprint density at radius 2 is 0.938 bits per heavy atom. The molecule has 188 valence electrons. The summed E-state index contributed by atoms with van der Waals surface area (Å²) in [5.41, 5.74) is 0. The van der Waals surface area contributed by atoms with Crippen LogP contribution in [0, 0.1) is 9.93 Å². The number of carbonyl (C=O) groups excluding carboxylic acids is 1. The number of hydrogen-bond acceptors (Lipinski definition) is 6. The lowest BCUT2D eigenvalue weighted by molar-refractivity contribution is -0.139. The fraction of sp³-hybridized carbons (Fsp3) is 0.875. The van der Waals surface area contributed by atoms with Crippen LogP contribution in [0.4, 0.5) is 0 Å². The van der Waals surface area contributed by atoms with Gasteiger partial charge in [0.05, 0.1) is 6.10 Å². The van der Waals surface area contributed by atoms with Crippen molar-refractivity contribution in [3.8, 4) is 0 Å². The van der Waals surface area contributed by atoms with Crippen LogP contribution in [-0.4, -0.2) is 39.1 Å². The van der Waals surface area contributed by atoms with E-state index >= 15 is 0 Å². The summed E-state index contributed by atoms with van der Waals surface area (Å²) >= 11 is 0. The van der Waals surface area contributed by atoms with Gasteiger partial charge in [-0.1, -0.05) is 64.2 Å². The number of carbonyl (C=O) groups is 3. The molecule has 0 aromatic rings. The number of rotatable bonds is 5. The molecule has 8 nitrogen and oxygen atoms in total. The molecule has 3 aliphatic rings. The summed E-state index contributed by atoms with van der Waals surface area (Å²) in [7, 11) is 0. The molecule has 3 saturated carbocycles. The Balaban J connectivity index is 0. The van der Waals surface area contributed by atoms with Gasteiger partial charge in [-0.05, 0) is 38.5 Å². The first-order valence-electron chi connectivity index (χ1n) is 12.2. The maximum absolute atomic E-state index is 10.5. The minimum Gasteiger partial charge on any atom is -0.481 e. The number of unbranched alkanes of at least 4 members (excludes halogenated alkanes) is 1. The van der Waals surface area contributed by atoms with Gasteiger partial charge >= 0.3 is 11.9 Å². The second-order valence-electron chi connectivity index (χ2n) is 8.51. The topological polar surface area (TPSA) is 146 Å². The molecule has 3 N–H and O–H groups in total. The molecule has 0 radical (unpaired) electrons. The number of carboxylic acids is 2. The molecule has 32 heavy (non-hydrogen) atoms. The van der Waals surface area contributed by atoms with E-state index in [2.05, 4.69) is 0 Å². The van der Waals surface area contributed by atoms with Gasteiger partial charge in [0.25, 0.3) is 0 Å². The van der Waals surface area contributed by atoms with Crippen molar-refractivity contribution in [1.29, 1.82) is 0 Å². The highest BCUT2D eigenvalue weighted by molar-refractivity contribution is 5.78. The monoisotopic (exact) mass is 460 g/mol. The Morgan fingerprint density at radius 3 is 1.16 bits per heavy atom. The van der Waals surface area contributed by atoms with E-state index in [4.69, 9.17) is 25.2 Å². The van der Waals surface area contributed by atoms with Crippen molar-refractivity contribution < 1.29 is 29.7 Å². The van der Waals surface area contributed by atoms with Gasteiger partial charge in [0.15, 0.2) is 0 Å². The van der Waals surface area contributed by atoms with E-state index in [0.29, 0.717) is 18.6 Å². The third-order valence-corrected chi connectivity index (χ3v) is 5.52. The third-order valence-electron chi connectivity index (χ3n) is 5.52. The summed E-state index contributed by atoms with van der Waals surface area (Å²) in [5.74, 6) is -1.28. The van der Waals surface area contributed by atoms with E-state index in [1.165, 1.54) is 64.2 Å². The van der Waals surface area contributed by atoms with Gasteiger partial charge in [0.2, 0.25) is 0 Å². The zero-order chi connectivity index (χ0) is 24.5. The number of ketones is 1. The molecule has 0 amide bonds. The largest absolute Gasteiger partial charge is 0.481 e. The predicted octanol–water partition coefficient (Wildman–Crippen LogP) is 5.95. The van der Waals surface area contributed by atoms with Crippen molar-refractivity contribution in [3.63, 3.8) is 0 Å². The van der Waals surface area contributed by atoms with Crippen LogP contribution in [0.15, 0.2) is 0 Å². The molecule has 0 aromatic heterocycles. The maximum atomic E-state index is 10.5. The van der Waals surface area contributed by atoms with Gasteiger partial charge in [-0.3, -0.25) is 14.4 Å². The van der Waals surface area contributed by atoms with Gasteiger partial charge in [0, 0.05) is 35.6 Å².